The lowest BCUT2D eigenvalue weighted by Gasteiger charge is -2.21. The molecule has 0 N–H and O–H groups in total. The first-order valence-corrected chi connectivity index (χ1v) is 8.55. The maximum atomic E-state index is 12.2. The van der Waals surface area contributed by atoms with Crippen LogP contribution < -0.4 is 4.90 Å². The third-order valence-corrected chi connectivity index (χ3v) is 4.19. The lowest BCUT2D eigenvalue weighted by atomic mass is 10.1. The lowest BCUT2D eigenvalue weighted by molar-refractivity contribution is -0.129. The van der Waals surface area contributed by atoms with Crippen LogP contribution in [0.5, 0.6) is 0 Å². The molecule has 0 aliphatic carbocycles. The summed E-state index contributed by atoms with van der Waals surface area (Å²) in [5, 5.41) is 0. The average Bonchev–Trinajstić information content (AvgIpc) is 2.97. The molecule has 0 unspecified atom stereocenters. The fraction of sp³-hybridized carbons (Fsp3) is 0.238. The summed E-state index contributed by atoms with van der Waals surface area (Å²) in [6.07, 6.45) is 1.78. The van der Waals surface area contributed by atoms with Crippen LogP contribution in [0.25, 0.3) is 6.08 Å². The zero-order valence-corrected chi connectivity index (χ0v) is 14.8. The molecule has 1 aliphatic heterocycles. The van der Waals surface area contributed by atoms with Gasteiger partial charge < -0.3 is 9.64 Å². The van der Waals surface area contributed by atoms with Gasteiger partial charge in [-0.15, -0.1) is 0 Å². The third-order valence-electron chi connectivity index (χ3n) is 4.19. The van der Waals surface area contributed by atoms with Crippen molar-refractivity contribution in [3.8, 4) is 0 Å². The highest BCUT2D eigenvalue weighted by Gasteiger charge is 2.24. The molecule has 0 aromatic heterocycles. The number of esters is 1. The van der Waals surface area contributed by atoms with Crippen LogP contribution in [0.3, 0.4) is 0 Å². The number of nitrogens with zero attached hydrogens (tertiary/aromatic N) is 2. The minimum absolute atomic E-state index is 0.327. The fourth-order valence-electron chi connectivity index (χ4n) is 2.87. The first-order chi connectivity index (χ1) is 12.1. The fourth-order valence-corrected chi connectivity index (χ4v) is 2.87. The van der Waals surface area contributed by atoms with Crippen LogP contribution in [0.15, 0.2) is 59.2 Å². The number of aryl methyl sites for hydroxylation is 1. The van der Waals surface area contributed by atoms with Crippen LogP contribution >= 0.6 is 0 Å². The van der Waals surface area contributed by atoms with E-state index in [1.54, 1.807) is 6.08 Å². The van der Waals surface area contributed by atoms with Gasteiger partial charge in [-0.25, -0.2) is 9.79 Å². The summed E-state index contributed by atoms with van der Waals surface area (Å²) in [6.45, 7) is 8.13. The predicted octanol–water partition coefficient (Wildman–Crippen LogP) is 4.19. The van der Waals surface area contributed by atoms with Gasteiger partial charge in [-0.2, -0.15) is 0 Å². The quantitative estimate of drug-likeness (QED) is 0.608. The van der Waals surface area contributed by atoms with E-state index in [1.807, 2.05) is 43.3 Å². The summed E-state index contributed by atoms with van der Waals surface area (Å²) in [6, 6.07) is 15.9. The van der Waals surface area contributed by atoms with E-state index in [0.29, 0.717) is 11.6 Å². The average molecular weight is 334 g/mol. The number of ether oxygens (including phenoxy) is 1. The number of anilines is 1. The molecule has 1 aliphatic rings. The van der Waals surface area contributed by atoms with Crippen molar-refractivity contribution in [3.63, 3.8) is 0 Å². The predicted molar refractivity (Wildman–Crippen MR) is 102 cm³/mol. The molecule has 0 saturated heterocycles. The van der Waals surface area contributed by atoms with Gasteiger partial charge in [-0.05, 0) is 56.7 Å². The molecule has 0 saturated carbocycles. The summed E-state index contributed by atoms with van der Waals surface area (Å²) in [5.41, 5.74) is 4.31. The van der Waals surface area contributed by atoms with Crippen molar-refractivity contribution in [2.75, 3.05) is 18.0 Å². The summed E-state index contributed by atoms with van der Waals surface area (Å²) in [7, 11) is 0. The molecule has 2 aromatic rings. The molecule has 25 heavy (non-hydrogen) atoms. The van der Waals surface area contributed by atoms with Gasteiger partial charge >= 0.3 is 5.97 Å². The van der Waals surface area contributed by atoms with E-state index < -0.39 is 5.97 Å². The van der Waals surface area contributed by atoms with Gasteiger partial charge in [0, 0.05) is 24.3 Å². The van der Waals surface area contributed by atoms with E-state index in [4.69, 9.17) is 4.74 Å². The molecule has 0 radical (unpaired) electrons. The van der Waals surface area contributed by atoms with Gasteiger partial charge in [0.25, 0.3) is 0 Å². The second kappa shape index (κ2) is 7.34. The molecule has 4 heteroatoms. The van der Waals surface area contributed by atoms with Crippen molar-refractivity contribution < 1.29 is 9.53 Å². The molecule has 0 bridgehead atoms. The number of carbonyl (C=O) groups excluding carboxylic acids is 1. The van der Waals surface area contributed by atoms with Crippen LogP contribution in [0, 0.1) is 6.92 Å². The Morgan fingerprint density at radius 2 is 1.84 bits per heavy atom. The number of cyclic esters (lactones) is 1. The Kier molecular flexibility index (Phi) is 4.98. The van der Waals surface area contributed by atoms with Gasteiger partial charge in [0.2, 0.25) is 5.90 Å². The van der Waals surface area contributed by atoms with Crippen LogP contribution in [-0.4, -0.2) is 25.0 Å². The Labute approximate surface area is 148 Å². The van der Waals surface area contributed by atoms with Crippen LogP contribution in [-0.2, 0) is 9.53 Å². The van der Waals surface area contributed by atoms with Crippen molar-refractivity contribution in [2.45, 2.75) is 20.8 Å². The van der Waals surface area contributed by atoms with Gasteiger partial charge in [-0.3, -0.25) is 0 Å². The van der Waals surface area contributed by atoms with Crippen molar-refractivity contribution in [1.29, 1.82) is 0 Å². The van der Waals surface area contributed by atoms with E-state index in [-0.39, 0.29) is 0 Å². The summed E-state index contributed by atoms with van der Waals surface area (Å²) >= 11 is 0. The Bertz CT molecular complexity index is 848. The molecule has 0 fully saturated rings. The molecule has 3 rings (SSSR count). The Hall–Kier alpha value is -2.88. The van der Waals surface area contributed by atoms with Gasteiger partial charge in [0.15, 0.2) is 5.70 Å². The summed E-state index contributed by atoms with van der Waals surface area (Å²) in [4.78, 5) is 18.8. The molecular formula is C21H22N2O2. The number of hydrogen-bond acceptors (Lipinski definition) is 4. The minimum Gasteiger partial charge on any atom is -0.402 e. The standard InChI is InChI=1S/C21H22N2O2/c1-4-23(5-2)18-11-7-9-16(13-18)14-19-21(24)25-20(22-19)17-10-6-8-15(3)12-17/h6-14H,4-5H2,1-3H3/b19-14-. The van der Waals surface area contributed by atoms with E-state index in [2.05, 4.69) is 35.9 Å². The van der Waals surface area contributed by atoms with Crippen molar-refractivity contribution >= 4 is 23.6 Å². The molecule has 0 atom stereocenters. The third kappa shape index (κ3) is 3.79. The number of rotatable bonds is 5. The van der Waals surface area contributed by atoms with E-state index in [9.17, 15) is 4.79 Å². The highest BCUT2D eigenvalue weighted by atomic mass is 16.6. The van der Waals surface area contributed by atoms with E-state index in [0.717, 1.165) is 35.5 Å². The van der Waals surface area contributed by atoms with Gasteiger partial charge in [0.1, 0.15) is 0 Å². The van der Waals surface area contributed by atoms with E-state index in [1.165, 1.54) is 0 Å². The smallest absolute Gasteiger partial charge is 0.363 e. The molecular weight excluding hydrogens is 312 g/mol. The van der Waals surface area contributed by atoms with Gasteiger partial charge in [0.05, 0.1) is 0 Å². The Morgan fingerprint density at radius 1 is 1.08 bits per heavy atom. The summed E-state index contributed by atoms with van der Waals surface area (Å²) < 4.78 is 5.34. The zero-order chi connectivity index (χ0) is 17.8. The minimum atomic E-state index is -0.412. The summed E-state index contributed by atoms with van der Waals surface area (Å²) in [5.74, 6) is -0.0513. The monoisotopic (exact) mass is 334 g/mol. The highest BCUT2D eigenvalue weighted by Crippen LogP contribution is 2.22. The number of hydrogen-bond donors (Lipinski definition) is 0. The number of aliphatic imine (C=N–C) groups is 1. The maximum absolute atomic E-state index is 12.2. The molecule has 0 amide bonds. The second-order valence-electron chi connectivity index (χ2n) is 5.97. The second-order valence-corrected chi connectivity index (χ2v) is 5.97. The zero-order valence-electron chi connectivity index (χ0n) is 14.8. The SMILES string of the molecule is CCN(CC)c1cccc(/C=C2\N=C(c3cccc(C)c3)OC2=O)c1. The van der Waals surface area contributed by atoms with Crippen molar-refractivity contribution in [1.82, 2.24) is 0 Å². The molecule has 2 aromatic carbocycles. The molecule has 4 nitrogen and oxygen atoms in total. The van der Waals surface area contributed by atoms with Crippen molar-refractivity contribution in [3.05, 3.63) is 70.9 Å². The van der Waals surface area contributed by atoms with Crippen LogP contribution in [0.2, 0.25) is 0 Å². The van der Waals surface area contributed by atoms with Gasteiger partial charge in [-0.1, -0.05) is 29.8 Å². The van der Waals surface area contributed by atoms with Crippen molar-refractivity contribution in [2.24, 2.45) is 4.99 Å². The van der Waals surface area contributed by atoms with Crippen LogP contribution in [0.1, 0.15) is 30.5 Å². The van der Waals surface area contributed by atoms with Crippen LogP contribution in [0.4, 0.5) is 5.69 Å². The Morgan fingerprint density at radius 3 is 2.56 bits per heavy atom. The largest absolute Gasteiger partial charge is 0.402 e. The first-order valence-electron chi connectivity index (χ1n) is 8.55. The molecule has 1 heterocycles. The van der Waals surface area contributed by atoms with E-state index >= 15 is 0 Å². The molecule has 0 spiro atoms. The Balaban J connectivity index is 1.91. The first kappa shape index (κ1) is 17.0. The number of benzene rings is 2. The topological polar surface area (TPSA) is 41.9 Å². The number of carbonyl (C=O) groups is 1. The molecule has 128 valence electrons. The highest BCUT2D eigenvalue weighted by molar-refractivity contribution is 6.12. The lowest BCUT2D eigenvalue weighted by Crippen LogP contribution is -2.21. The maximum Gasteiger partial charge on any atom is 0.363 e. The normalized spacial score (nSPS) is 15.2.